The van der Waals surface area contributed by atoms with Crippen LogP contribution in [0.15, 0.2) is 18.2 Å². The van der Waals surface area contributed by atoms with Crippen molar-refractivity contribution in [3.05, 3.63) is 23.8 Å². The van der Waals surface area contributed by atoms with Crippen molar-refractivity contribution in [3.63, 3.8) is 0 Å². The maximum absolute atomic E-state index is 5.86. The van der Waals surface area contributed by atoms with Gasteiger partial charge in [-0.2, -0.15) is 0 Å². The number of anilines is 1. The molecule has 0 saturated carbocycles. The van der Waals surface area contributed by atoms with E-state index >= 15 is 0 Å². The van der Waals surface area contributed by atoms with Crippen molar-refractivity contribution in [2.24, 2.45) is 0 Å². The Bertz CT molecular complexity index is 571. The first kappa shape index (κ1) is 13.5. The highest BCUT2D eigenvalue weighted by Crippen LogP contribution is 2.27. The van der Waals surface area contributed by atoms with Crippen LogP contribution in [0.3, 0.4) is 0 Å². The van der Waals surface area contributed by atoms with Crippen LogP contribution >= 0.6 is 0 Å². The average molecular weight is 259 g/mol. The molecular weight excluding hydrogens is 238 g/mol. The zero-order valence-electron chi connectivity index (χ0n) is 12.0. The van der Waals surface area contributed by atoms with Gasteiger partial charge in [-0.15, -0.1) is 5.10 Å². The van der Waals surface area contributed by atoms with Crippen LogP contribution in [-0.4, -0.2) is 20.2 Å². The molecule has 0 saturated heterocycles. The summed E-state index contributed by atoms with van der Waals surface area (Å²) < 4.78 is 1.90. The molecule has 2 aromatic rings. The summed E-state index contributed by atoms with van der Waals surface area (Å²) in [6, 6.07) is 5.89. The SMILES string of the molecule is CCCC(C)(C)n1nnnc1-c1ccc(N)c(C)c1. The molecule has 0 aliphatic rings. The van der Waals surface area contributed by atoms with Gasteiger partial charge in [0, 0.05) is 11.3 Å². The number of nitrogens with two attached hydrogens (primary N) is 1. The average Bonchev–Trinajstić information content (AvgIpc) is 2.82. The van der Waals surface area contributed by atoms with Crippen molar-refractivity contribution in [1.29, 1.82) is 0 Å². The quantitative estimate of drug-likeness (QED) is 0.857. The topological polar surface area (TPSA) is 69.6 Å². The highest BCUT2D eigenvalue weighted by Gasteiger charge is 2.25. The highest BCUT2D eigenvalue weighted by molar-refractivity contribution is 5.62. The Labute approximate surface area is 113 Å². The predicted molar refractivity (Wildman–Crippen MR) is 76.6 cm³/mol. The molecule has 2 rings (SSSR count). The van der Waals surface area contributed by atoms with Crippen molar-refractivity contribution in [2.75, 3.05) is 5.73 Å². The number of nitrogens with zero attached hydrogens (tertiary/aromatic N) is 4. The second-order valence-corrected chi connectivity index (χ2v) is 5.55. The smallest absolute Gasteiger partial charge is 0.182 e. The van der Waals surface area contributed by atoms with Crippen LogP contribution in [0.5, 0.6) is 0 Å². The molecule has 0 aliphatic carbocycles. The van der Waals surface area contributed by atoms with E-state index in [2.05, 4.69) is 36.3 Å². The number of benzene rings is 1. The Morgan fingerprint density at radius 2 is 2.05 bits per heavy atom. The zero-order chi connectivity index (χ0) is 14.0. The molecule has 1 aromatic heterocycles. The Morgan fingerprint density at radius 3 is 2.68 bits per heavy atom. The first-order valence-electron chi connectivity index (χ1n) is 6.61. The summed E-state index contributed by atoms with van der Waals surface area (Å²) in [6.07, 6.45) is 2.12. The number of tetrazole rings is 1. The van der Waals surface area contributed by atoms with Gasteiger partial charge in [-0.05, 0) is 61.4 Å². The standard InChI is InChI=1S/C14H21N5/c1-5-8-14(3,4)19-13(16-17-18-19)11-6-7-12(15)10(2)9-11/h6-7,9H,5,8,15H2,1-4H3. The van der Waals surface area contributed by atoms with Crippen LogP contribution in [0.4, 0.5) is 5.69 Å². The fraction of sp³-hybridized carbons (Fsp3) is 0.500. The molecule has 0 atom stereocenters. The number of aryl methyl sites for hydroxylation is 1. The lowest BCUT2D eigenvalue weighted by atomic mass is 9.98. The number of nitrogen functional groups attached to an aromatic ring is 1. The van der Waals surface area contributed by atoms with E-state index in [-0.39, 0.29) is 5.54 Å². The fourth-order valence-corrected chi connectivity index (χ4v) is 2.31. The summed E-state index contributed by atoms with van der Waals surface area (Å²) in [5, 5.41) is 12.2. The molecule has 19 heavy (non-hydrogen) atoms. The molecule has 0 fully saturated rings. The Kier molecular flexibility index (Phi) is 3.55. The van der Waals surface area contributed by atoms with Crippen LogP contribution in [0.25, 0.3) is 11.4 Å². The molecule has 0 unspecified atom stereocenters. The van der Waals surface area contributed by atoms with Gasteiger partial charge in [-0.25, -0.2) is 4.68 Å². The number of aromatic nitrogens is 4. The van der Waals surface area contributed by atoms with Crippen LogP contribution < -0.4 is 5.73 Å². The first-order chi connectivity index (χ1) is 8.95. The molecular formula is C14H21N5. The lowest BCUT2D eigenvalue weighted by Gasteiger charge is -2.25. The molecule has 1 heterocycles. The number of hydrogen-bond donors (Lipinski definition) is 1. The Morgan fingerprint density at radius 1 is 1.32 bits per heavy atom. The van der Waals surface area contributed by atoms with Gasteiger partial charge in [0.1, 0.15) is 0 Å². The van der Waals surface area contributed by atoms with E-state index in [1.165, 1.54) is 0 Å². The van der Waals surface area contributed by atoms with E-state index in [0.717, 1.165) is 35.5 Å². The van der Waals surface area contributed by atoms with E-state index < -0.39 is 0 Å². The van der Waals surface area contributed by atoms with E-state index in [0.29, 0.717) is 0 Å². The van der Waals surface area contributed by atoms with E-state index in [1.54, 1.807) is 0 Å². The summed E-state index contributed by atoms with van der Waals surface area (Å²) in [4.78, 5) is 0. The lowest BCUT2D eigenvalue weighted by molar-refractivity contribution is 0.290. The summed E-state index contributed by atoms with van der Waals surface area (Å²) in [5.74, 6) is 0.793. The lowest BCUT2D eigenvalue weighted by Crippen LogP contribution is -2.28. The largest absolute Gasteiger partial charge is 0.399 e. The van der Waals surface area contributed by atoms with E-state index in [1.807, 2.05) is 29.8 Å². The van der Waals surface area contributed by atoms with Gasteiger partial charge in [0.15, 0.2) is 5.82 Å². The van der Waals surface area contributed by atoms with Gasteiger partial charge in [0.2, 0.25) is 0 Å². The molecule has 102 valence electrons. The summed E-state index contributed by atoms with van der Waals surface area (Å²) in [7, 11) is 0. The van der Waals surface area contributed by atoms with Gasteiger partial charge in [0.05, 0.1) is 5.54 Å². The number of hydrogen-bond acceptors (Lipinski definition) is 4. The van der Waals surface area contributed by atoms with Crippen LogP contribution in [-0.2, 0) is 5.54 Å². The van der Waals surface area contributed by atoms with Gasteiger partial charge >= 0.3 is 0 Å². The third-order valence-corrected chi connectivity index (χ3v) is 3.43. The predicted octanol–water partition coefficient (Wildman–Crippen LogP) is 2.77. The first-order valence-corrected chi connectivity index (χ1v) is 6.61. The minimum Gasteiger partial charge on any atom is -0.399 e. The third kappa shape index (κ3) is 2.59. The normalized spacial score (nSPS) is 11.8. The second kappa shape index (κ2) is 4.99. The minimum absolute atomic E-state index is 0.0944. The van der Waals surface area contributed by atoms with Crippen LogP contribution in [0, 0.1) is 6.92 Å². The van der Waals surface area contributed by atoms with Gasteiger partial charge < -0.3 is 5.73 Å². The molecule has 0 aliphatic heterocycles. The molecule has 5 heteroatoms. The van der Waals surface area contributed by atoms with Crippen molar-refractivity contribution in [3.8, 4) is 11.4 Å². The van der Waals surface area contributed by atoms with Gasteiger partial charge in [-0.1, -0.05) is 13.3 Å². The van der Waals surface area contributed by atoms with Crippen molar-refractivity contribution in [1.82, 2.24) is 20.2 Å². The molecule has 0 radical (unpaired) electrons. The summed E-state index contributed by atoms with van der Waals surface area (Å²) in [6.45, 7) is 8.46. The van der Waals surface area contributed by atoms with Crippen LogP contribution in [0.2, 0.25) is 0 Å². The van der Waals surface area contributed by atoms with Crippen molar-refractivity contribution < 1.29 is 0 Å². The number of rotatable bonds is 4. The Balaban J connectivity index is 2.47. The summed E-state index contributed by atoms with van der Waals surface area (Å²) >= 11 is 0. The Hall–Kier alpha value is -1.91. The third-order valence-electron chi connectivity index (χ3n) is 3.43. The molecule has 0 amide bonds. The van der Waals surface area contributed by atoms with E-state index in [4.69, 9.17) is 5.73 Å². The maximum Gasteiger partial charge on any atom is 0.182 e. The van der Waals surface area contributed by atoms with Crippen LogP contribution in [0.1, 0.15) is 39.2 Å². The fourth-order valence-electron chi connectivity index (χ4n) is 2.31. The molecule has 5 nitrogen and oxygen atoms in total. The monoisotopic (exact) mass is 259 g/mol. The summed E-state index contributed by atoms with van der Waals surface area (Å²) in [5.41, 5.74) is 8.59. The highest BCUT2D eigenvalue weighted by atomic mass is 15.6. The molecule has 1 aromatic carbocycles. The molecule has 0 bridgehead atoms. The van der Waals surface area contributed by atoms with Gasteiger partial charge in [0.25, 0.3) is 0 Å². The maximum atomic E-state index is 5.86. The van der Waals surface area contributed by atoms with E-state index in [9.17, 15) is 0 Å². The minimum atomic E-state index is -0.0944. The second-order valence-electron chi connectivity index (χ2n) is 5.55. The van der Waals surface area contributed by atoms with Gasteiger partial charge in [-0.3, -0.25) is 0 Å². The van der Waals surface area contributed by atoms with Crippen molar-refractivity contribution in [2.45, 2.75) is 46.1 Å². The van der Waals surface area contributed by atoms with Crippen molar-refractivity contribution >= 4 is 5.69 Å². The zero-order valence-corrected chi connectivity index (χ0v) is 12.0. The molecule has 0 spiro atoms. The molecule has 2 N–H and O–H groups in total.